The molecule has 2 N–H and O–H groups in total. The Morgan fingerprint density at radius 2 is 2.00 bits per heavy atom. The number of nitrogens with two attached hydrogens (primary N) is 1. The molecule has 5 nitrogen and oxygen atoms in total. The minimum Gasteiger partial charge on any atom is -0.398 e. The van der Waals surface area contributed by atoms with Gasteiger partial charge in [0.15, 0.2) is 0 Å². The van der Waals surface area contributed by atoms with Crippen LogP contribution in [0.4, 0.5) is 5.69 Å². The lowest BCUT2D eigenvalue weighted by Gasteiger charge is -2.27. The van der Waals surface area contributed by atoms with Crippen LogP contribution in [-0.2, 0) is 14.8 Å². The summed E-state index contributed by atoms with van der Waals surface area (Å²) in [4.78, 5) is 0.199. The van der Waals surface area contributed by atoms with E-state index in [0.29, 0.717) is 18.8 Å². The molecule has 1 unspecified atom stereocenters. The van der Waals surface area contributed by atoms with Crippen LogP contribution in [-0.4, -0.2) is 39.5 Å². The van der Waals surface area contributed by atoms with Gasteiger partial charge in [0.25, 0.3) is 0 Å². The van der Waals surface area contributed by atoms with Gasteiger partial charge in [-0.2, -0.15) is 0 Å². The molecule has 0 amide bonds. The third-order valence-electron chi connectivity index (χ3n) is 4.08. The molecule has 0 bridgehead atoms. The van der Waals surface area contributed by atoms with E-state index in [-0.39, 0.29) is 10.8 Å². The molecule has 0 aliphatic carbocycles. The number of aryl methyl sites for hydroxylation is 2. The quantitative estimate of drug-likeness (QED) is 0.862. The van der Waals surface area contributed by atoms with Crippen molar-refractivity contribution in [2.45, 2.75) is 31.6 Å². The first-order chi connectivity index (χ1) is 9.82. The maximum atomic E-state index is 12.7. The first-order valence-corrected chi connectivity index (χ1v) is 8.67. The fraction of sp³-hybridized carbons (Fsp3) is 0.600. The highest BCUT2D eigenvalue weighted by Gasteiger charge is 2.27. The second kappa shape index (κ2) is 6.34. The summed E-state index contributed by atoms with van der Waals surface area (Å²) in [6.07, 6.45) is 1.99. The van der Waals surface area contributed by atoms with Crippen molar-refractivity contribution >= 4 is 15.7 Å². The van der Waals surface area contributed by atoms with E-state index in [1.54, 1.807) is 19.2 Å². The third kappa shape index (κ3) is 3.56. The Morgan fingerprint density at radius 1 is 1.33 bits per heavy atom. The number of hydrogen-bond acceptors (Lipinski definition) is 4. The van der Waals surface area contributed by atoms with Crippen molar-refractivity contribution in [1.82, 2.24) is 4.31 Å². The van der Waals surface area contributed by atoms with Gasteiger partial charge in [-0.25, -0.2) is 12.7 Å². The molecule has 0 radical (unpaired) electrons. The molecule has 1 saturated heterocycles. The molecule has 1 atom stereocenters. The molecule has 0 spiro atoms. The Balaban J connectivity index is 2.22. The predicted molar refractivity (Wildman–Crippen MR) is 83.7 cm³/mol. The molecule has 2 rings (SSSR count). The zero-order valence-electron chi connectivity index (χ0n) is 12.9. The Morgan fingerprint density at radius 3 is 2.62 bits per heavy atom. The van der Waals surface area contributed by atoms with E-state index in [1.807, 2.05) is 13.8 Å². The average Bonchev–Trinajstić information content (AvgIpc) is 2.43. The van der Waals surface area contributed by atoms with Crippen molar-refractivity contribution in [1.29, 1.82) is 0 Å². The number of nitrogens with zero attached hydrogens (tertiary/aromatic N) is 1. The van der Waals surface area contributed by atoms with Crippen LogP contribution in [0.1, 0.15) is 24.0 Å². The minimum absolute atomic E-state index is 0.199. The van der Waals surface area contributed by atoms with E-state index in [0.717, 1.165) is 30.6 Å². The molecule has 1 aromatic rings. The molecule has 1 aromatic carbocycles. The van der Waals surface area contributed by atoms with E-state index in [9.17, 15) is 8.42 Å². The van der Waals surface area contributed by atoms with E-state index in [4.69, 9.17) is 10.5 Å². The maximum Gasteiger partial charge on any atom is 0.244 e. The summed E-state index contributed by atoms with van der Waals surface area (Å²) in [5, 5.41) is 0. The minimum atomic E-state index is -3.56. The standard InChI is InChI=1S/C15H24N2O3S/c1-11-7-14(16)15(8-12(11)2)21(18,19)17(3)9-13-5-4-6-20-10-13/h7-8,13H,4-6,9-10,16H2,1-3H3. The SMILES string of the molecule is Cc1cc(N)c(S(=O)(=O)N(C)CC2CCCOC2)cc1C. The molecule has 0 saturated carbocycles. The highest BCUT2D eigenvalue weighted by atomic mass is 32.2. The van der Waals surface area contributed by atoms with Crippen molar-refractivity contribution in [3.8, 4) is 0 Å². The summed E-state index contributed by atoms with van der Waals surface area (Å²) >= 11 is 0. The number of ether oxygens (including phenoxy) is 1. The predicted octanol–water partition coefficient (Wildman–Crippen LogP) is 1.93. The summed E-state index contributed by atoms with van der Waals surface area (Å²) < 4.78 is 32.2. The highest BCUT2D eigenvalue weighted by molar-refractivity contribution is 7.89. The first-order valence-electron chi connectivity index (χ1n) is 7.23. The number of sulfonamides is 1. The molecule has 1 aliphatic rings. The Labute approximate surface area is 127 Å². The monoisotopic (exact) mass is 312 g/mol. The van der Waals surface area contributed by atoms with Crippen molar-refractivity contribution in [3.63, 3.8) is 0 Å². The van der Waals surface area contributed by atoms with E-state index < -0.39 is 10.0 Å². The lowest BCUT2D eigenvalue weighted by molar-refractivity contribution is 0.0495. The Kier molecular flexibility index (Phi) is 4.91. The lowest BCUT2D eigenvalue weighted by atomic mass is 10.0. The summed E-state index contributed by atoms with van der Waals surface area (Å²) in [5.74, 6) is 0.256. The van der Waals surface area contributed by atoms with E-state index in [1.165, 1.54) is 4.31 Å². The molecular formula is C15H24N2O3S. The van der Waals surface area contributed by atoms with Crippen molar-refractivity contribution < 1.29 is 13.2 Å². The largest absolute Gasteiger partial charge is 0.398 e. The Hall–Kier alpha value is -1.11. The lowest BCUT2D eigenvalue weighted by Crippen LogP contribution is -2.35. The second-order valence-corrected chi connectivity index (χ2v) is 7.86. The van der Waals surface area contributed by atoms with Crippen LogP contribution in [0, 0.1) is 19.8 Å². The maximum absolute atomic E-state index is 12.7. The van der Waals surface area contributed by atoms with E-state index >= 15 is 0 Å². The van der Waals surface area contributed by atoms with Gasteiger partial charge in [-0.1, -0.05) is 0 Å². The van der Waals surface area contributed by atoms with Gasteiger partial charge in [0.05, 0.1) is 12.3 Å². The van der Waals surface area contributed by atoms with Gasteiger partial charge in [0, 0.05) is 20.2 Å². The number of anilines is 1. The zero-order chi connectivity index (χ0) is 15.6. The molecule has 1 fully saturated rings. The van der Waals surface area contributed by atoms with Gasteiger partial charge in [-0.05, 0) is 55.9 Å². The van der Waals surface area contributed by atoms with Crippen LogP contribution in [0.25, 0.3) is 0 Å². The molecule has 6 heteroatoms. The molecule has 1 aliphatic heterocycles. The fourth-order valence-electron chi connectivity index (χ4n) is 2.62. The topological polar surface area (TPSA) is 72.6 Å². The third-order valence-corrected chi connectivity index (χ3v) is 5.96. The van der Waals surface area contributed by atoms with Crippen LogP contribution in [0.15, 0.2) is 17.0 Å². The van der Waals surface area contributed by atoms with Gasteiger partial charge in [-0.3, -0.25) is 0 Å². The average molecular weight is 312 g/mol. The molecule has 0 aromatic heterocycles. The first kappa shape index (κ1) is 16.3. The normalized spacial score (nSPS) is 19.9. The smallest absolute Gasteiger partial charge is 0.244 e. The second-order valence-electron chi connectivity index (χ2n) is 5.84. The number of rotatable bonds is 4. The van der Waals surface area contributed by atoms with Crippen molar-refractivity contribution in [2.75, 3.05) is 32.5 Å². The van der Waals surface area contributed by atoms with Crippen LogP contribution < -0.4 is 5.73 Å². The fourth-order valence-corrected chi connectivity index (χ4v) is 4.04. The van der Waals surface area contributed by atoms with Crippen LogP contribution in [0.3, 0.4) is 0 Å². The molecule has 118 valence electrons. The van der Waals surface area contributed by atoms with Gasteiger partial charge in [0.2, 0.25) is 10.0 Å². The van der Waals surface area contributed by atoms with E-state index in [2.05, 4.69) is 0 Å². The van der Waals surface area contributed by atoms with Gasteiger partial charge >= 0.3 is 0 Å². The summed E-state index contributed by atoms with van der Waals surface area (Å²) in [6.45, 7) is 5.68. The number of benzene rings is 1. The van der Waals surface area contributed by atoms with Gasteiger partial charge < -0.3 is 10.5 Å². The van der Waals surface area contributed by atoms with Gasteiger partial charge in [0.1, 0.15) is 4.90 Å². The van der Waals surface area contributed by atoms with Crippen LogP contribution in [0.2, 0.25) is 0 Å². The van der Waals surface area contributed by atoms with Gasteiger partial charge in [-0.15, -0.1) is 0 Å². The Bertz CT molecular complexity index is 608. The summed E-state index contributed by atoms with van der Waals surface area (Å²) in [7, 11) is -1.95. The summed E-state index contributed by atoms with van der Waals surface area (Å²) in [6, 6.07) is 3.38. The van der Waals surface area contributed by atoms with Crippen molar-refractivity contribution in [3.05, 3.63) is 23.3 Å². The zero-order valence-corrected chi connectivity index (χ0v) is 13.7. The van der Waals surface area contributed by atoms with Crippen LogP contribution in [0.5, 0.6) is 0 Å². The number of hydrogen-bond donors (Lipinski definition) is 1. The van der Waals surface area contributed by atoms with Crippen molar-refractivity contribution in [2.24, 2.45) is 5.92 Å². The molecule has 21 heavy (non-hydrogen) atoms. The van der Waals surface area contributed by atoms with Crippen LogP contribution >= 0.6 is 0 Å². The molecule has 1 heterocycles. The summed E-state index contributed by atoms with van der Waals surface area (Å²) in [5.41, 5.74) is 8.15. The highest BCUT2D eigenvalue weighted by Crippen LogP contribution is 2.26. The molecular weight excluding hydrogens is 288 g/mol. The number of nitrogen functional groups attached to an aromatic ring is 1.